The number of hydrogen-bond donors (Lipinski definition) is 1. The maximum Gasteiger partial charge on any atom is 0.203 e. The van der Waals surface area contributed by atoms with Gasteiger partial charge in [0, 0.05) is 12.3 Å². The summed E-state index contributed by atoms with van der Waals surface area (Å²) < 4.78 is 23.2. The molecule has 2 aromatic heterocycles. The third-order valence-corrected chi connectivity index (χ3v) is 4.32. The van der Waals surface area contributed by atoms with Crippen LogP contribution in [0.1, 0.15) is 23.1 Å². The normalized spacial score (nSPS) is 12.1. The number of pyridine rings is 1. The summed E-state index contributed by atoms with van der Waals surface area (Å²) in [7, 11) is 6.23. The molecule has 7 nitrogen and oxygen atoms in total. The maximum atomic E-state index is 11.0. The first-order chi connectivity index (χ1) is 12.5. The number of hydrogen-bond acceptors (Lipinski definition) is 6. The number of aliphatic hydroxyl groups is 1. The molecule has 7 heteroatoms. The minimum absolute atomic E-state index is 0.477. The second-order valence-electron chi connectivity index (χ2n) is 5.74. The fourth-order valence-electron chi connectivity index (χ4n) is 3.04. The Morgan fingerprint density at radius 3 is 2.15 bits per heavy atom. The monoisotopic (exact) mass is 358 g/mol. The molecule has 1 atom stereocenters. The van der Waals surface area contributed by atoms with E-state index in [0.29, 0.717) is 39.9 Å². The number of rotatable bonds is 6. The summed E-state index contributed by atoms with van der Waals surface area (Å²) >= 11 is 0. The van der Waals surface area contributed by atoms with Crippen LogP contribution in [0.15, 0.2) is 30.5 Å². The number of fused-ring (bicyclic) bond motifs is 1. The van der Waals surface area contributed by atoms with Gasteiger partial charge in [-0.3, -0.25) is 0 Å². The van der Waals surface area contributed by atoms with Gasteiger partial charge in [0.05, 0.1) is 39.8 Å². The topological polar surface area (TPSA) is 74.5 Å². The van der Waals surface area contributed by atoms with Crippen molar-refractivity contribution in [3.8, 4) is 23.0 Å². The number of aryl methyl sites for hydroxylation is 1. The molecule has 0 bridgehead atoms. The average molecular weight is 358 g/mol. The van der Waals surface area contributed by atoms with Crippen LogP contribution in [-0.4, -0.2) is 42.9 Å². The lowest BCUT2D eigenvalue weighted by molar-refractivity contribution is 0.211. The lowest BCUT2D eigenvalue weighted by atomic mass is 10.0. The lowest BCUT2D eigenvalue weighted by Crippen LogP contribution is -2.07. The third-order valence-electron chi connectivity index (χ3n) is 4.32. The molecule has 3 aromatic rings. The Morgan fingerprint density at radius 2 is 1.62 bits per heavy atom. The molecule has 0 radical (unpaired) electrons. The van der Waals surface area contributed by atoms with Gasteiger partial charge in [-0.15, -0.1) is 0 Å². The van der Waals surface area contributed by atoms with Crippen molar-refractivity contribution in [2.45, 2.75) is 13.0 Å². The summed E-state index contributed by atoms with van der Waals surface area (Å²) in [6.45, 7) is 1.86. The van der Waals surface area contributed by atoms with Gasteiger partial charge in [0.2, 0.25) is 5.75 Å². The van der Waals surface area contributed by atoms with Gasteiger partial charge in [0.25, 0.3) is 0 Å². The van der Waals surface area contributed by atoms with Crippen molar-refractivity contribution in [1.29, 1.82) is 0 Å². The first-order valence-electron chi connectivity index (χ1n) is 8.04. The van der Waals surface area contributed by atoms with E-state index < -0.39 is 6.10 Å². The zero-order valence-electron chi connectivity index (χ0n) is 15.4. The highest BCUT2D eigenvalue weighted by atomic mass is 16.5. The number of benzene rings is 1. The van der Waals surface area contributed by atoms with Crippen molar-refractivity contribution in [2.75, 3.05) is 28.4 Å². The Labute approximate surface area is 151 Å². The van der Waals surface area contributed by atoms with Crippen molar-refractivity contribution in [3.63, 3.8) is 0 Å². The minimum atomic E-state index is -0.924. The molecule has 0 saturated heterocycles. The molecule has 0 amide bonds. The zero-order chi connectivity index (χ0) is 18.8. The molecule has 3 rings (SSSR count). The Morgan fingerprint density at radius 1 is 0.962 bits per heavy atom. The smallest absolute Gasteiger partial charge is 0.203 e. The van der Waals surface area contributed by atoms with Crippen molar-refractivity contribution >= 4 is 5.65 Å². The van der Waals surface area contributed by atoms with Gasteiger partial charge in [-0.2, -0.15) is 0 Å². The quantitative estimate of drug-likeness (QED) is 0.730. The molecule has 0 spiro atoms. The van der Waals surface area contributed by atoms with Crippen LogP contribution in [0.3, 0.4) is 0 Å². The molecule has 0 aliphatic heterocycles. The average Bonchev–Trinajstić information content (AvgIpc) is 3.00. The van der Waals surface area contributed by atoms with E-state index in [1.807, 2.05) is 29.7 Å². The number of methoxy groups -OCH3 is 4. The van der Waals surface area contributed by atoms with E-state index in [1.54, 1.807) is 40.6 Å². The van der Waals surface area contributed by atoms with Gasteiger partial charge >= 0.3 is 0 Å². The lowest BCUT2D eigenvalue weighted by Gasteiger charge is -2.17. The molecule has 1 aromatic carbocycles. The van der Waals surface area contributed by atoms with Crippen molar-refractivity contribution in [3.05, 3.63) is 47.4 Å². The van der Waals surface area contributed by atoms with Crippen molar-refractivity contribution in [1.82, 2.24) is 9.38 Å². The predicted octanol–water partition coefficient (Wildman–Crippen LogP) is 2.76. The van der Waals surface area contributed by atoms with E-state index >= 15 is 0 Å². The van der Waals surface area contributed by atoms with Gasteiger partial charge in [-0.05, 0) is 30.7 Å². The molecule has 26 heavy (non-hydrogen) atoms. The maximum absolute atomic E-state index is 11.0. The van der Waals surface area contributed by atoms with Gasteiger partial charge in [0.15, 0.2) is 11.5 Å². The number of aromatic nitrogens is 2. The van der Waals surface area contributed by atoms with Gasteiger partial charge in [-0.1, -0.05) is 0 Å². The molecule has 0 aliphatic rings. The largest absolute Gasteiger partial charge is 0.497 e. The van der Waals surface area contributed by atoms with E-state index in [-0.39, 0.29) is 0 Å². The van der Waals surface area contributed by atoms with Crippen molar-refractivity contribution < 1.29 is 24.1 Å². The number of nitrogens with zero attached hydrogens (tertiary/aromatic N) is 2. The van der Waals surface area contributed by atoms with E-state index in [0.717, 1.165) is 5.69 Å². The predicted molar refractivity (Wildman–Crippen MR) is 96.6 cm³/mol. The summed E-state index contributed by atoms with van der Waals surface area (Å²) in [5.74, 6) is 2.14. The van der Waals surface area contributed by atoms with Crippen LogP contribution in [0.2, 0.25) is 0 Å². The van der Waals surface area contributed by atoms with Crippen LogP contribution in [0, 0.1) is 6.92 Å². The van der Waals surface area contributed by atoms with E-state index in [9.17, 15) is 5.11 Å². The van der Waals surface area contributed by atoms with Gasteiger partial charge in [-0.25, -0.2) is 4.98 Å². The molecule has 1 N–H and O–H groups in total. The van der Waals surface area contributed by atoms with Crippen LogP contribution in [0.4, 0.5) is 0 Å². The second-order valence-corrected chi connectivity index (χ2v) is 5.74. The second kappa shape index (κ2) is 7.13. The SMILES string of the molecule is COc1ccn2c(C(O)c3cc(OC)c(OC)c(OC)c3)c(C)nc2c1. The number of aliphatic hydroxyl groups excluding tert-OH is 1. The Kier molecular flexibility index (Phi) is 4.90. The molecule has 0 saturated carbocycles. The summed E-state index contributed by atoms with van der Waals surface area (Å²) in [6.07, 6.45) is 0.900. The zero-order valence-corrected chi connectivity index (χ0v) is 15.4. The fraction of sp³-hybridized carbons (Fsp3) is 0.316. The van der Waals surface area contributed by atoms with Crippen LogP contribution in [0.25, 0.3) is 5.65 Å². The van der Waals surface area contributed by atoms with Crippen LogP contribution in [-0.2, 0) is 0 Å². The van der Waals surface area contributed by atoms with Gasteiger partial charge < -0.3 is 28.5 Å². The highest BCUT2D eigenvalue weighted by molar-refractivity contribution is 5.56. The first kappa shape index (κ1) is 17.9. The fourth-order valence-corrected chi connectivity index (χ4v) is 3.04. The molecule has 0 aliphatic carbocycles. The summed E-state index contributed by atoms with van der Waals surface area (Å²) in [4.78, 5) is 4.52. The molecule has 0 fully saturated rings. The van der Waals surface area contributed by atoms with Crippen LogP contribution < -0.4 is 18.9 Å². The number of imidazole rings is 1. The molecule has 2 heterocycles. The van der Waals surface area contributed by atoms with Crippen LogP contribution in [0.5, 0.6) is 23.0 Å². The molecular weight excluding hydrogens is 336 g/mol. The summed E-state index contributed by atoms with van der Waals surface area (Å²) in [5.41, 5.74) is 2.69. The molecular formula is C19H22N2O5. The first-order valence-corrected chi connectivity index (χ1v) is 8.04. The standard InChI is InChI=1S/C19H22N2O5/c1-11-17(21-7-6-13(23-2)10-16(21)20-11)18(22)12-8-14(24-3)19(26-5)15(9-12)25-4/h6-10,18,22H,1-5H3. The highest BCUT2D eigenvalue weighted by Gasteiger charge is 2.23. The third kappa shape index (κ3) is 2.90. The molecule has 138 valence electrons. The highest BCUT2D eigenvalue weighted by Crippen LogP contribution is 2.41. The summed E-state index contributed by atoms with van der Waals surface area (Å²) in [6, 6.07) is 7.10. The van der Waals surface area contributed by atoms with E-state index in [2.05, 4.69) is 4.98 Å². The Hall–Kier alpha value is -2.93. The molecule has 1 unspecified atom stereocenters. The van der Waals surface area contributed by atoms with Crippen molar-refractivity contribution in [2.24, 2.45) is 0 Å². The van der Waals surface area contributed by atoms with Gasteiger partial charge in [0.1, 0.15) is 17.5 Å². The van der Waals surface area contributed by atoms with E-state index in [4.69, 9.17) is 18.9 Å². The Balaban J connectivity index is 2.14. The minimum Gasteiger partial charge on any atom is -0.497 e. The Bertz CT molecular complexity index is 910. The number of ether oxygens (including phenoxy) is 4. The summed E-state index contributed by atoms with van der Waals surface area (Å²) in [5, 5.41) is 11.0. The van der Waals surface area contributed by atoms with E-state index in [1.165, 1.54) is 0 Å². The van der Waals surface area contributed by atoms with Crippen LogP contribution >= 0.6 is 0 Å².